The van der Waals surface area contributed by atoms with Crippen molar-refractivity contribution in [2.45, 2.75) is 30.2 Å². The average molecular weight is 454 g/mol. The van der Waals surface area contributed by atoms with E-state index >= 15 is 0 Å². The van der Waals surface area contributed by atoms with Crippen LogP contribution in [0.1, 0.15) is 36.1 Å². The first kappa shape index (κ1) is 22.2. The zero-order valence-electron chi connectivity index (χ0n) is 17.5. The molecule has 4 rings (SSSR count). The number of aromatic hydroxyl groups is 1. The Morgan fingerprint density at radius 2 is 1.81 bits per heavy atom. The molecule has 0 saturated carbocycles. The van der Waals surface area contributed by atoms with Crippen molar-refractivity contribution in [2.75, 3.05) is 12.0 Å². The maximum absolute atomic E-state index is 13.2. The maximum atomic E-state index is 13.2. The number of methoxy groups -OCH3 is 1. The van der Waals surface area contributed by atoms with Crippen LogP contribution in [0, 0.1) is 5.82 Å². The zero-order valence-corrected chi connectivity index (χ0v) is 18.3. The second-order valence-electron chi connectivity index (χ2n) is 7.64. The fraction of sp³-hybridized carbons (Fsp3) is 0.240. The third kappa shape index (κ3) is 4.59. The Morgan fingerprint density at radius 1 is 1.09 bits per heavy atom. The third-order valence-electron chi connectivity index (χ3n) is 5.65. The zero-order chi connectivity index (χ0) is 22.7. The molecule has 0 radical (unpaired) electrons. The Hall–Kier alpha value is -3.03. The van der Waals surface area contributed by atoms with Gasteiger partial charge in [0.25, 0.3) is 5.24 Å². The van der Waals surface area contributed by atoms with Crippen LogP contribution >= 0.6 is 11.8 Å². The lowest BCUT2D eigenvalue weighted by atomic mass is 9.95. The summed E-state index contributed by atoms with van der Waals surface area (Å²) in [7, 11) is 1.53. The Labute approximate surface area is 190 Å². The van der Waals surface area contributed by atoms with E-state index in [1.807, 2.05) is 30.3 Å². The molecule has 1 heterocycles. The summed E-state index contributed by atoms with van der Waals surface area (Å²) in [6.45, 7) is 0. The van der Waals surface area contributed by atoms with Gasteiger partial charge in [-0.1, -0.05) is 42.1 Å². The van der Waals surface area contributed by atoms with Crippen LogP contribution < -0.4 is 9.64 Å². The molecule has 0 bridgehead atoms. The fourth-order valence-corrected chi connectivity index (χ4v) is 5.26. The molecule has 1 fully saturated rings. The standard InChI is InChI=1S/C25H24FNO4S/c1-31-19-11-12-20(22(29)15-19)24-23(14-13-21(28)16-7-9-17(26)10-8-16)32-25(30)27(24)18-5-3-2-4-6-18/h2-12,15,21,23-24,28-29H,13-14H2,1H3/t21?,23-,24+/m0/s1. The maximum Gasteiger partial charge on any atom is 0.287 e. The van der Waals surface area contributed by atoms with Crippen molar-refractivity contribution in [3.05, 3.63) is 89.7 Å². The summed E-state index contributed by atoms with van der Waals surface area (Å²) in [6.07, 6.45) is 0.142. The minimum absolute atomic E-state index is 0.0506. The molecule has 0 aromatic heterocycles. The van der Waals surface area contributed by atoms with Crippen molar-refractivity contribution >= 4 is 22.7 Å². The molecule has 3 aromatic rings. The second-order valence-corrected chi connectivity index (χ2v) is 8.83. The average Bonchev–Trinajstić information content (AvgIpc) is 3.14. The number of benzene rings is 3. The van der Waals surface area contributed by atoms with Gasteiger partial charge < -0.3 is 14.9 Å². The number of anilines is 1. The monoisotopic (exact) mass is 453 g/mol. The number of amides is 1. The molecule has 1 unspecified atom stereocenters. The van der Waals surface area contributed by atoms with E-state index in [1.54, 1.807) is 29.2 Å². The quantitative estimate of drug-likeness (QED) is 0.471. The summed E-state index contributed by atoms with van der Waals surface area (Å²) in [5, 5.41) is 21.0. The van der Waals surface area contributed by atoms with E-state index in [9.17, 15) is 19.4 Å². The molecule has 1 amide bonds. The highest BCUT2D eigenvalue weighted by atomic mass is 32.2. The van der Waals surface area contributed by atoms with Crippen molar-refractivity contribution in [1.82, 2.24) is 0 Å². The summed E-state index contributed by atoms with van der Waals surface area (Å²) < 4.78 is 18.4. The summed E-state index contributed by atoms with van der Waals surface area (Å²) in [5.41, 5.74) is 1.99. The number of hydrogen-bond donors (Lipinski definition) is 2. The molecular formula is C25H24FNO4S. The number of para-hydroxylation sites is 1. The Morgan fingerprint density at radius 3 is 2.47 bits per heavy atom. The number of halogens is 1. The third-order valence-corrected chi connectivity index (χ3v) is 6.84. The molecule has 1 aliphatic heterocycles. The predicted octanol–water partition coefficient (Wildman–Crippen LogP) is 5.84. The number of aliphatic hydroxyl groups is 1. The number of rotatable bonds is 7. The number of phenolic OH excluding ortho intramolecular Hbond substituents is 1. The van der Waals surface area contributed by atoms with Crippen LogP contribution in [0.25, 0.3) is 0 Å². The molecule has 0 spiro atoms. The molecule has 32 heavy (non-hydrogen) atoms. The number of hydrogen-bond acceptors (Lipinski definition) is 5. The molecule has 5 nitrogen and oxygen atoms in total. The van der Waals surface area contributed by atoms with E-state index in [0.717, 1.165) is 5.69 Å². The Bertz CT molecular complexity index is 1080. The molecule has 7 heteroatoms. The van der Waals surface area contributed by atoms with Crippen LogP contribution in [0.15, 0.2) is 72.8 Å². The van der Waals surface area contributed by atoms with Crippen molar-refractivity contribution < 1.29 is 24.1 Å². The summed E-state index contributed by atoms with van der Waals surface area (Å²) in [6, 6.07) is 19.8. The molecule has 1 saturated heterocycles. The van der Waals surface area contributed by atoms with Gasteiger partial charge in [0.1, 0.15) is 17.3 Å². The topological polar surface area (TPSA) is 70.0 Å². The smallest absolute Gasteiger partial charge is 0.287 e. The number of aliphatic hydroxyl groups excluding tert-OH is 1. The predicted molar refractivity (Wildman–Crippen MR) is 124 cm³/mol. The SMILES string of the molecule is COc1ccc([C@@H]2[C@H](CCC(O)c3ccc(F)cc3)SC(=O)N2c2ccccc2)c(O)c1. The van der Waals surface area contributed by atoms with Crippen LogP contribution in [0.4, 0.5) is 14.9 Å². The second kappa shape index (κ2) is 9.63. The summed E-state index contributed by atoms with van der Waals surface area (Å²) >= 11 is 1.20. The van der Waals surface area contributed by atoms with Gasteiger partial charge in [-0.25, -0.2) is 4.39 Å². The van der Waals surface area contributed by atoms with Gasteiger partial charge in [0.2, 0.25) is 0 Å². The van der Waals surface area contributed by atoms with Gasteiger partial charge in [0.05, 0.1) is 19.3 Å². The van der Waals surface area contributed by atoms with E-state index in [2.05, 4.69) is 0 Å². The lowest BCUT2D eigenvalue weighted by Gasteiger charge is -2.28. The minimum atomic E-state index is -0.776. The van der Waals surface area contributed by atoms with Crippen molar-refractivity contribution in [3.63, 3.8) is 0 Å². The van der Waals surface area contributed by atoms with Crippen molar-refractivity contribution in [3.8, 4) is 11.5 Å². The first-order valence-corrected chi connectivity index (χ1v) is 11.2. The van der Waals surface area contributed by atoms with Gasteiger partial charge in [-0.15, -0.1) is 0 Å². The number of carbonyl (C=O) groups excluding carboxylic acids is 1. The van der Waals surface area contributed by atoms with Gasteiger partial charge in [0.15, 0.2) is 0 Å². The highest BCUT2D eigenvalue weighted by molar-refractivity contribution is 8.14. The van der Waals surface area contributed by atoms with E-state index in [-0.39, 0.29) is 22.1 Å². The van der Waals surface area contributed by atoms with Crippen molar-refractivity contribution in [1.29, 1.82) is 0 Å². The van der Waals surface area contributed by atoms with Crippen LogP contribution in [0.3, 0.4) is 0 Å². The molecule has 0 aliphatic carbocycles. The summed E-state index contributed by atoms with van der Waals surface area (Å²) in [5.74, 6) is 0.221. The van der Waals surface area contributed by atoms with E-state index < -0.39 is 12.1 Å². The highest BCUT2D eigenvalue weighted by Crippen LogP contribution is 2.49. The molecule has 1 aliphatic rings. The number of ether oxygens (including phenoxy) is 1. The minimum Gasteiger partial charge on any atom is -0.507 e. The van der Waals surface area contributed by atoms with Gasteiger partial charge >= 0.3 is 0 Å². The van der Waals surface area contributed by atoms with E-state index in [1.165, 1.54) is 37.1 Å². The van der Waals surface area contributed by atoms with Crippen LogP contribution in [-0.2, 0) is 0 Å². The van der Waals surface area contributed by atoms with Crippen molar-refractivity contribution in [2.24, 2.45) is 0 Å². The molecule has 166 valence electrons. The first-order chi connectivity index (χ1) is 15.5. The van der Waals surface area contributed by atoms with E-state index in [4.69, 9.17) is 4.74 Å². The Balaban J connectivity index is 1.63. The van der Waals surface area contributed by atoms with Crippen LogP contribution in [0.2, 0.25) is 0 Å². The highest BCUT2D eigenvalue weighted by Gasteiger charge is 2.43. The van der Waals surface area contributed by atoms with Gasteiger partial charge in [-0.2, -0.15) is 0 Å². The molecule has 3 atom stereocenters. The molecule has 3 aromatic carbocycles. The van der Waals surface area contributed by atoms with Gasteiger partial charge in [-0.3, -0.25) is 9.69 Å². The van der Waals surface area contributed by atoms with E-state index in [0.29, 0.717) is 29.7 Å². The van der Waals surface area contributed by atoms with Gasteiger partial charge in [-0.05, 0) is 54.8 Å². The van der Waals surface area contributed by atoms with Gasteiger partial charge in [0, 0.05) is 22.6 Å². The largest absolute Gasteiger partial charge is 0.507 e. The number of thioether (sulfide) groups is 1. The lowest BCUT2D eigenvalue weighted by Crippen LogP contribution is -2.29. The summed E-state index contributed by atoms with van der Waals surface area (Å²) in [4.78, 5) is 14.7. The normalized spacial score (nSPS) is 19.2. The number of phenols is 1. The Kier molecular flexibility index (Phi) is 6.67. The first-order valence-electron chi connectivity index (χ1n) is 10.3. The number of nitrogens with zero attached hydrogens (tertiary/aromatic N) is 1. The molecular weight excluding hydrogens is 429 g/mol. The number of carbonyl (C=O) groups is 1. The fourth-order valence-electron chi connectivity index (χ4n) is 4.02. The van der Waals surface area contributed by atoms with Crippen LogP contribution in [-0.4, -0.2) is 27.8 Å². The lowest BCUT2D eigenvalue weighted by molar-refractivity contribution is 0.163. The van der Waals surface area contributed by atoms with Crippen LogP contribution in [0.5, 0.6) is 11.5 Å². The molecule has 2 N–H and O–H groups in total.